The molecule has 0 aliphatic rings. The molecule has 0 atom stereocenters. The van der Waals surface area contributed by atoms with Gasteiger partial charge in [0.2, 0.25) is 0 Å². The molecule has 0 spiro atoms. The summed E-state index contributed by atoms with van der Waals surface area (Å²) < 4.78 is 0. The van der Waals surface area contributed by atoms with Crippen LogP contribution in [0.4, 0.5) is 5.69 Å². The summed E-state index contributed by atoms with van der Waals surface area (Å²) in [6.07, 6.45) is 3.85. The molecule has 4 nitrogen and oxygen atoms in total. The monoisotopic (exact) mass is 250 g/mol. The summed E-state index contributed by atoms with van der Waals surface area (Å²) in [6.45, 7) is 8.31. The van der Waals surface area contributed by atoms with Gasteiger partial charge in [0.05, 0.1) is 0 Å². The molecule has 1 aromatic rings. The second-order valence-corrected chi connectivity index (χ2v) is 4.43. The molecule has 0 aromatic carbocycles. The van der Waals surface area contributed by atoms with E-state index in [4.69, 9.17) is 5.11 Å². The first kappa shape index (κ1) is 14.5. The van der Waals surface area contributed by atoms with Gasteiger partial charge in [-0.05, 0) is 25.0 Å². The average Bonchev–Trinajstić information content (AvgIpc) is 2.40. The highest BCUT2D eigenvalue weighted by Gasteiger charge is 2.13. The van der Waals surface area contributed by atoms with Crippen molar-refractivity contribution in [1.29, 1.82) is 0 Å². The number of carbonyl (C=O) groups is 1. The molecule has 1 rings (SSSR count). The van der Waals surface area contributed by atoms with Gasteiger partial charge in [0, 0.05) is 25.0 Å². The van der Waals surface area contributed by atoms with E-state index >= 15 is 0 Å². The van der Waals surface area contributed by atoms with Crippen molar-refractivity contribution in [1.82, 2.24) is 4.98 Å². The minimum atomic E-state index is -0.976. The molecule has 0 saturated heterocycles. The number of carboxylic acids is 1. The molecular weight excluding hydrogens is 228 g/mol. The predicted octanol–water partition coefficient (Wildman–Crippen LogP) is 3.04. The van der Waals surface area contributed by atoms with Gasteiger partial charge in [0.25, 0.3) is 0 Å². The van der Waals surface area contributed by atoms with Crippen molar-refractivity contribution in [2.45, 2.75) is 33.6 Å². The van der Waals surface area contributed by atoms with Crippen molar-refractivity contribution in [3.63, 3.8) is 0 Å². The SMILES string of the molecule is CCC(CC)CN(CC)c1ccnc(C(=O)O)c1. The maximum Gasteiger partial charge on any atom is 0.354 e. The van der Waals surface area contributed by atoms with Crippen molar-refractivity contribution in [2.24, 2.45) is 5.92 Å². The Morgan fingerprint density at radius 1 is 1.39 bits per heavy atom. The lowest BCUT2D eigenvalue weighted by molar-refractivity contribution is 0.0690. The van der Waals surface area contributed by atoms with E-state index in [0.717, 1.165) is 31.6 Å². The Labute approximate surface area is 109 Å². The molecule has 0 radical (unpaired) electrons. The summed E-state index contributed by atoms with van der Waals surface area (Å²) in [7, 11) is 0. The molecule has 0 fully saturated rings. The Hall–Kier alpha value is -1.58. The first-order chi connectivity index (χ1) is 8.62. The van der Waals surface area contributed by atoms with E-state index in [1.54, 1.807) is 12.3 Å². The van der Waals surface area contributed by atoms with Gasteiger partial charge in [-0.2, -0.15) is 0 Å². The molecule has 0 bridgehead atoms. The minimum absolute atomic E-state index is 0.107. The number of pyridine rings is 1. The van der Waals surface area contributed by atoms with Crippen molar-refractivity contribution >= 4 is 11.7 Å². The summed E-state index contributed by atoms with van der Waals surface area (Å²) in [5.41, 5.74) is 1.05. The van der Waals surface area contributed by atoms with E-state index in [0.29, 0.717) is 5.92 Å². The molecule has 1 heterocycles. The van der Waals surface area contributed by atoms with Crippen LogP contribution in [0.25, 0.3) is 0 Å². The summed E-state index contributed by atoms with van der Waals surface area (Å²) in [5.74, 6) is -0.332. The number of hydrogen-bond donors (Lipinski definition) is 1. The third kappa shape index (κ3) is 3.72. The highest BCUT2D eigenvalue weighted by Crippen LogP contribution is 2.18. The zero-order valence-corrected chi connectivity index (χ0v) is 11.4. The van der Waals surface area contributed by atoms with Gasteiger partial charge in [0.15, 0.2) is 0 Å². The van der Waals surface area contributed by atoms with Gasteiger partial charge >= 0.3 is 5.97 Å². The Morgan fingerprint density at radius 2 is 2.06 bits per heavy atom. The van der Waals surface area contributed by atoms with Gasteiger partial charge < -0.3 is 10.0 Å². The third-order valence-electron chi connectivity index (χ3n) is 3.34. The Bertz CT molecular complexity index is 389. The molecule has 0 aliphatic carbocycles. The minimum Gasteiger partial charge on any atom is -0.477 e. The molecule has 18 heavy (non-hydrogen) atoms. The summed E-state index contributed by atoms with van der Waals surface area (Å²) in [6, 6.07) is 3.52. The molecule has 0 amide bonds. The van der Waals surface area contributed by atoms with Gasteiger partial charge in [-0.25, -0.2) is 9.78 Å². The molecule has 100 valence electrons. The number of hydrogen-bond acceptors (Lipinski definition) is 3. The van der Waals surface area contributed by atoms with E-state index < -0.39 is 5.97 Å². The van der Waals surface area contributed by atoms with E-state index in [-0.39, 0.29) is 5.69 Å². The zero-order valence-electron chi connectivity index (χ0n) is 11.4. The summed E-state index contributed by atoms with van der Waals surface area (Å²) >= 11 is 0. The van der Waals surface area contributed by atoms with Gasteiger partial charge in [-0.1, -0.05) is 26.7 Å². The van der Waals surface area contributed by atoms with Gasteiger partial charge in [-0.3, -0.25) is 0 Å². The van der Waals surface area contributed by atoms with Crippen molar-refractivity contribution in [3.8, 4) is 0 Å². The molecule has 1 aromatic heterocycles. The lowest BCUT2D eigenvalue weighted by Gasteiger charge is -2.27. The van der Waals surface area contributed by atoms with Crippen molar-refractivity contribution < 1.29 is 9.90 Å². The fourth-order valence-electron chi connectivity index (χ4n) is 2.01. The Kier molecular flexibility index (Phi) is 5.62. The number of aromatic carboxylic acids is 1. The number of nitrogens with zero attached hydrogens (tertiary/aromatic N) is 2. The predicted molar refractivity (Wildman–Crippen MR) is 73.2 cm³/mol. The lowest BCUT2D eigenvalue weighted by atomic mass is 10.0. The summed E-state index contributed by atoms with van der Waals surface area (Å²) in [5, 5.41) is 8.96. The van der Waals surface area contributed by atoms with Crippen LogP contribution in [-0.4, -0.2) is 29.1 Å². The Balaban J connectivity index is 2.87. The standard InChI is InChI=1S/C14H22N2O2/c1-4-11(5-2)10-16(6-3)12-7-8-15-13(9-12)14(17)18/h7-9,11H,4-6,10H2,1-3H3,(H,17,18). The van der Waals surface area contributed by atoms with Gasteiger partial charge in [0.1, 0.15) is 5.69 Å². The van der Waals surface area contributed by atoms with Crippen LogP contribution in [-0.2, 0) is 0 Å². The first-order valence-electron chi connectivity index (χ1n) is 6.56. The second kappa shape index (κ2) is 6.99. The quantitative estimate of drug-likeness (QED) is 0.808. The van der Waals surface area contributed by atoms with Crippen molar-refractivity contribution in [2.75, 3.05) is 18.0 Å². The molecular formula is C14H22N2O2. The average molecular weight is 250 g/mol. The first-order valence-corrected chi connectivity index (χ1v) is 6.56. The van der Waals surface area contributed by atoms with Crippen LogP contribution in [0.3, 0.4) is 0 Å². The van der Waals surface area contributed by atoms with Crippen molar-refractivity contribution in [3.05, 3.63) is 24.0 Å². The van der Waals surface area contributed by atoms with Crippen LogP contribution in [0, 0.1) is 5.92 Å². The highest BCUT2D eigenvalue weighted by atomic mass is 16.4. The number of carboxylic acid groups (broad SMARTS) is 1. The topological polar surface area (TPSA) is 53.4 Å². The van der Waals surface area contributed by atoms with E-state index in [2.05, 4.69) is 30.7 Å². The summed E-state index contributed by atoms with van der Waals surface area (Å²) in [4.78, 5) is 17.0. The van der Waals surface area contributed by atoms with Crippen LogP contribution in [0.2, 0.25) is 0 Å². The third-order valence-corrected chi connectivity index (χ3v) is 3.34. The van der Waals surface area contributed by atoms with Crippen LogP contribution in [0.1, 0.15) is 44.1 Å². The number of rotatable bonds is 7. The zero-order chi connectivity index (χ0) is 13.5. The van der Waals surface area contributed by atoms with Gasteiger partial charge in [-0.15, -0.1) is 0 Å². The fourth-order valence-corrected chi connectivity index (χ4v) is 2.01. The molecule has 0 aliphatic heterocycles. The molecule has 0 unspecified atom stereocenters. The van der Waals surface area contributed by atoms with Crippen LogP contribution < -0.4 is 4.90 Å². The van der Waals surface area contributed by atoms with Crippen LogP contribution in [0.15, 0.2) is 18.3 Å². The fraction of sp³-hybridized carbons (Fsp3) is 0.571. The Morgan fingerprint density at radius 3 is 2.56 bits per heavy atom. The van der Waals surface area contributed by atoms with E-state index in [9.17, 15) is 4.79 Å². The van der Waals surface area contributed by atoms with Crippen LogP contribution in [0.5, 0.6) is 0 Å². The second-order valence-electron chi connectivity index (χ2n) is 4.43. The van der Waals surface area contributed by atoms with E-state index in [1.807, 2.05) is 6.07 Å². The number of anilines is 1. The maximum atomic E-state index is 10.9. The maximum absolute atomic E-state index is 10.9. The smallest absolute Gasteiger partial charge is 0.354 e. The largest absolute Gasteiger partial charge is 0.477 e. The molecule has 4 heteroatoms. The number of aromatic nitrogens is 1. The van der Waals surface area contributed by atoms with Crippen LogP contribution >= 0.6 is 0 Å². The highest BCUT2D eigenvalue weighted by molar-refractivity contribution is 5.86. The molecule has 0 saturated carbocycles. The van der Waals surface area contributed by atoms with E-state index in [1.165, 1.54) is 0 Å². The molecule has 1 N–H and O–H groups in total. The lowest BCUT2D eigenvalue weighted by Crippen LogP contribution is -2.29. The normalized spacial score (nSPS) is 10.7.